The maximum absolute atomic E-state index is 12.5. The van der Waals surface area contributed by atoms with Crippen LogP contribution in [0.2, 0.25) is 5.15 Å². The highest BCUT2D eigenvalue weighted by Crippen LogP contribution is 2.17. The molecule has 2 N–H and O–H groups in total. The van der Waals surface area contributed by atoms with Crippen LogP contribution in [-0.2, 0) is 19.6 Å². The van der Waals surface area contributed by atoms with E-state index in [-0.39, 0.29) is 21.6 Å². The molecule has 0 spiro atoms. The second-order valence-corrected chi connectivity index (χ2v) is 8.61. The number of halogens is 1. The largest absolute Gasteiger partial charge is 0.452 e. The smallest absolute Gasteiger partial charge is 0.341 e. The van der Waals surface area contributed by atoms with Gasteiger partial charge in [0.1, 0.15) is 5.15 Å². The summed E-state index contributed by atoms with van der Waals surface area (Å²) in [6.07, 6.45) is 1.42. The van der Waals surface area contributed by atoms with Crippen molar-refractivity contribution in [2.45, 2.75) is 18.7 Å². The number of hydrogen-bond donors (Lipinski definition) is 2. The molecule has 2 heterocycles. The van der Waals surface area contributed by atoms with E-state index in [1.54, 1.807) is 19.9 Å². The normalized spacial score (nSPS) is 11.0. The molecule has 166 valence electrons. The lowest BCUT2D eigenvalue weighted by Gasteiger charge is -2.10. The molecule has 3 aromatic rings. The molecule has 1 amide bonds. The second-order valence-electron chi connectivity index (χ2n) is 6.57. The van der Waals surface area contributed by atoms with Gasteiger partial charge < -0.3 is 10.1 Å². The van der Waals surface area contributed by atoms with Crippen molar-refractivity contribution in [2.75, 3.05) is 16.6 Å². The summed E-state index contributed by atoms with van der Waals surface area (Å²) in [4.78, 5) is 35.8. The third-order valence-corrected chi connectivity index (χ3v) is 5.61. The number of sulfonamides is 1. The van der Waals surface area contributed by atoms with Gasteiger partial charge in [0.2, 0.25) is 5.95 Å². The average molecular weight is 476 g/mol. The number of rotatable bonds is 7. The van der Waals surface area contributed by atoms with E-state index in [2.05, 4.69) is 25.0 Å². The number of esters is 1. The maximum Gasteiger partial charge on any atom is 0.341 e. The first-order valence-electron chi connectivity index (χ1n) is 9.17. The lowest BCUT2D eigenvalue weighted by molar-refractivity contribution is -0.119. The van der Waals surface area contributed by atoms with Crippen molar-refractivity contribution in [3.8, 4) is 0 Å². The van der Waals surface area contributed by atoms with Gasteiger partial charge in [-0.2, -0.15) is 0 Å². The van der Waals surface area contributed by atoms with Crippen LogP contribution in [0.25, 0.3) is 0 Å². The van der Waals surface area contributed by atoms with Crippen LogP contribution in [0.5, 0.6) is 0 Å². The molecule has 0 atom stereocenters. The molecule has 0 saturated heterocycles. The molecule has 0 aliphatic carbocycles. The molecular formula is C20H18ClN5O5S. The molecule has 0 aliphatic heterocycles. The summed E-state index contributed by atoms with van der Waals surface area (Å²) in [7, 11) is -3.92. The van der Waals surface area contributed by atoms with Gasteiger partial charge in [-0.25, -0.2) is 32.9 Å². The highest BCUT2D eigenvalue weighted by atomic mass is 35.5. The Kier molecular flexibility index (Phi) is 7.01. The van der Waals surface area contributed by atoms with Gasteiger partial charge in [-0.1, -0.05) is 11.6 Å². The second kappa shape index (κ2) is 9.71. The number of aryl methyl sites for hydroxylation is 2. The number of amides is 1. The molecule has 32 heavy (non-hydrogen) atoms. The number of benzene rings is 1. The fourth-order valence-electron chi connectivity index (χ4n) is 2.61. The Hall–Kier alpha value is -3.57. The number of ether oxygens (including phenoxy) is 1. The Balaban J connectivity index is 1.59. The number of aromatic nitrogens is 3. The number of nitrogens with zero attached hydrogens (tertiary/aromatic N) is 3. The van der Waals surface area contributed by atoms with Gasteiger partial charge >= 0.3 is 5.97 Å². The molecule has 2 aromatic heterocycles. The fourth-order valence-corrected chi connectivity index (χ4v) is 3.75. The van der Waals surface area contributed by atoms with Crippen molar-refractivity contribution in [3.05, 3.63) is 70.8 Å². The lowest BCUT2D eigenvalue weighted by atomic mass is 10.3. The van der Waals surface area contributed by atoms with Crippen molar-refractivity contribution < 1.29 is 22.7 Å². The Morgan fingerprint density at radius 2 is 1.72 bits per heavy atom. The van der Waals surface area contributed by atoms with Gasteiger partial charge in [-0.15, -0.1) is 0 Å². The molecule has 0 bridgehead atoms. The summed E-state index contributed by atoms with van der Waals surface area (Å²) in [5, 5.41) is 2.47. The van der Waals surface area contributed by atoms with E-state index in [4.69, 9.17) is 16.3 Å². The predicted molar refractivity (Wildman–Crippen MR) is 117 cm³/mol. The number of carbonyl (C=O) groups excluding carboxylic acids is 2. The Morgan fingerprint density at radius 1 is 1.06 bits per heavy atom. The third kappa shape index (κ3) is 5.99. The number of carbonyl (C=O) groups is 2. The first-order valence-corrected chi connectivity index (χ1v) is 11.0. The molecule has 0 radical (unpaired) electrons. The molecule has 12 heteroatoms. The molecule has 0 unspecified atom stereocenters. The van der Waals surface area contributed by atoms with Crippen LogP contribution >= 0.6 is 11.6 Å². The topological polar surface area (TPSA) is 140 Å². The van der Waals surface area contributed by atoms with Gasteiger partial charge in [0.15, 0.2) is 6.61 Å². The SMILES string of the molecule is Cc1cc(C)nc(NS(=O)(=O)c2ccc(NC(=O)COC(=O)c3cccnc3Cl)cc2)n1. The summed E-state index contributed by atoms with van der Waals surface area (Å²) < 4.78 is 32.3. The molecular weight excluding hydrogens is 458 g/mol. The van der Waals surface area contributed by atoms with E-state index >= 15 is 0 Å². The highest BCUT2D eigenvalue weighted by Gasteiger charge is 2.17. The van der Waals surface area contributed by atoms with Crippen LogP contribution < -0.4 is 10.0 Å². The molecule has 0 fully saturated rings. The summed E-state index contributed by atoms with van der Waals surface area (Å²) >= 11 is 5.81. The number of anilines is 2. The zero-order chi connectivity index (χ0) is 23.3. The molecule has 0 saturated carbocycles. The van der Waals surface area contributed by atoms with Crippen molar-refractivity contribution in [1.29, 1.82) is 0 Å². The predicted octanol–water partition coefficient (Wildman–Crippen LogP) is 2.74. The minimum Gasteiger partial charge on any atom is -0.452 e. The quantitative estimate of drug-likeness (QED) is 0.392. The third-order valence-electron chi connectivity index (χ3n) is 3.97. The minimum absolute atomic E-state index is 0.0320. The highest BCUT2D eigenvalue weighted by molar-refractivity contribution is 7.92. The van der Waals surface area contributed by atoms with Crippen LogP contribution in [0, 0.1) is 13.8 Å². The summed E-state index contributed by atoms with van der Waals surface area (Å²) in [5.74, 6) is -1.44. The van der Waals surface area contributed by atoms with Crippen molar-refractivity contribution >= 4 is 45.1 Å². The van der Waals surface area contributed by atoms with Crippen LogP contribution in [0.15, 0.2) is 53.6 Å². The van der Waals surface area contributed by atoms with Gasteiger partial charge in [0.05, 0.1) is 10.5 Å². The van der Waals surface area contributed by atoms with Crippen molar-refractivity contribution in [3.63, 3.8) is 0 Å². The Morgan fingerprint density at radius 3 is 2.34 bits per heavy atom. The van der Waals surface area contributed by atoms with Gasteiger partial charge in [0.25, 0.3) is 15.9 Å². The average Bonchev–Trinajstić information content (AvgIpc) is 2.71. The molecule has 0 aliphatic rings. The Bertz CT molecular complexity index is 1250. The van der Waals surface area contributed by atoms with Crippen LogP contribution in [0.4, 0.5) is 11.6 Å². The minimum atomic E-state index is -3.92. The number of pyridine rings is 1. The number of nitrogens with one attached hydrogen (secondary N) is 2. The van der Waals surface area contributed by atoms with E-state index in [9.17, 15) is 18.0 Å². The van der Waals surface area contributed by atoms with Gasteiger partial charge in [-0.3, -0.25) is 4.79 Å². The summed E-state index contributed by atoms with van der Waals surface area (Å²) in [5.41, 5.74) is 1.60. The molecule has 10 nitrogen and oxygen atoms in total. The Labute approximate surface area is 189 Å². The summed E-state index contributed by atoms with van der Waals surface area (Å²) in [6, 6.07) is 10.1. The van der Waals surface area contributed by atoms with Crippen LogP contribution in [-0.4, -0.2) is 41.9 Å². The van der Waals surface area contributed by atoms with E-state index in [1.807, 2.05) is 0 Å². The van der Waals surface area contributed by atoms with Crippen LogP contribution in [0.1, 0.15) is 21.7 Å². The summed E-state index contributed by atoms with van der Waals surface area (Å²) in [6.45, 7) is 2.90. The first kappa shape index (κ1) is 23.1. The van der Waals surface area contributed by atoms with Crippen molar-refractivity contribution in [2.24, 2.45) is 0 Å². The van der Waals surface area contributed by atoms with E-state index < -0.39 is 28.5 Å². The molecule has 1 aromatic carbocycles. The van der Waals surface area contributed by atoms with Gasteiger partial charge in [0, 0.05) is 23.3 Å². The standard InChI is InChI=1S/C20H18ClN5O5S/c1-12-10-13(2)24-20(23-12)26-32(29,30)15-7-5-14(6-8-15)25-17(27)11-31-19(28)16-4-3-9-22-18(16)21/h3-10H,11H2,1-2H3,(H,25,27)(H,23,24,26). The van der Waals surface area contributed by atoms with E-state index in [0.717, 1.165) is 0 Å². The van der Waals surface area contributed by atoms with E-state index in [0.29, 0.717) is 17.1 Å². The zero-order valence-electron chi connectivity index (χ0n) is 17.0. The number of hydrogen-bond acceptors (Lipinski definition) is 8. The van der Waals surface area contributed by atoms with Gasteiger partial charge in [-0.05, 0) is 56.3 Å². The lowest BCUT2D eigenvalue weighted by Crippen LogP contribution is -2.21. The first-order chi connectivity index (χ1) is 15.1. The van der Waals surface area contributed by atoms with E-state index in [1.165, 1.54) is 42.6 Å². The van der Waals surface area contributed by atoms with Crippen LogP contribution in [0.3, 0.4) is 0 Å². The van der Waals surface area contributed by atoms with Crippen molar-refractivity contribution in [1.82, 2.24) is 15.0 Å². The fraction of sp³-hybridized carbons (Fsp3) is 0.150. The maximum atomic E-state index is 12.5. The monoisotopic (exact) mass is 475 g/mol. The molecule has 3 rings (SSSR count). The zero-order valence-corrected chi connectivity index (χ0v) is 18.6.